The quantitative estimate of drug-likeness (QED) is 0.669. The Kier molecular flexibility index (Phi) is 2.59. The van der Waals surface area contributed by atoms with Crippen molar-refractivity contribution in [3.05, 3.63) is 23.8 Å². The third-order valence-electron chi connectivity index (χ3n) is 2.73. The van der Waals surface area contributed by atoms with Crippen molar-refractivity contribution < 1.29 is 9.84 Å². The lowest BCUT2D eigenvalue weighted by atomic mass is 9.90. The van der Waals surface area contributed by atoms with Crippen molar-refractivity contribution in [3.8, 4) is 5.75 Å². The van der Waals surface area contributed by atoms with Crippen LogP contribution in [0.3, 0.4) is 0 Å². The van der Waals surface area contributed by atoms with Crippen molar-refractivity contribution in [2.75, 3.05) is 18.9 Å². The summed E-state index contributed by atoms with van der Waals surface area (Å²) < 4.78 is 5.29. The summed E-state index contributed by atoms with van der Waals surface area (Å²) in [6.07, 6.45) is 2.05. The molecular weight excluding hydrogens is 178 g/mol. The SMILES string of the molecule is Nc1cc(O)ccc1C1CCOCC1. The van der Waals surface area contributed by atoms with Crippen LogP contribution in [-0.4, -0.2) is 18.3 Å². The molecule has 1 saturated heterocycles. The maximum Gasteiger partial charge on any atom is 0.117 e. The fourth-order valence-corrected chi connectivity index (χ4v) is 1.94. The molecule has 3 heteroatoms. The average molecular weight is 193 g/mol. The molecule has 0 unspecified atom stereocenters. The van der Waals surface area contributed by atoms with E-state index in [1.807, 2.05) is 6.07 Å². The van der Waals surface area contributed by atoms with Crippen molar-refractivity contribution in [2.45, 2.75) is 18.8 Å². The van der Waals surface area contributed by atoms with Gasteiger partial charge in [0.25, 0.3) is 0 Å². The van der Waals surface area contributed by atoms with Gasteiger partial charge in [0.2, 0.25) is 0 Å². The fraction of sp³-hybridized carbons (Fsp3) is 0.455. The van der Waals surface area contributed by atoms with E-state index in [1.54, 1.807) is 12.1 Å². The summed E-state index contributed by atoms with van der Waals surface area (Å²) in [5.74, 6) is 0.725. The molecule has 1 aliphatic heterocycles. The Morgan fingerprint density at radius 2 is 2.00 bits per heavy atom. The normalized spacial score (nSPS) is 18.3. The van der Waals surface area contributed by atoms with Gasteiger partial charge in [0.15, 0.2) is 0 Å². The third kappa shape index (κ3) is 1.82. The van der Waals surface area contributed by atoms with E-state index in [2.05, 4.69) is 0 Å². The van der Waals surface area contributed by atoms with Crippen LogP contribution in [0.25, 0.3) is 0 Å². The molecule has 0 atom stereocenters. The van der Waals surface area contributed by atoms with Gasteiger partial charge in [0, 0.05) is 25.0 Å². The van der Waals surface area contributed by atoms with E-state index < -0.39 is 0 Å². The highest BCUT2D eigenvalue weighted by atomic mass is 16.5. The number of hydrogen-bond acceptors (Lipinski definition) is 3. The van der Waals surface area contributed by atoms with E-state index in [0.717, 1.165) is 31.6 Å². The predicted molar refractivity (Wildman–Crippen MR) is 55.3 cm³/mol. The van der Waals surface area contributed by atoms with Crippen LogP contribution in [0.5, 0.6) is 5.75 Å². The summed E-state index contributed by atoms with van der Waals surface area (Å²) in [6.45, 7) is 1.62. The Morgan fingerprint density at radius 1 is 1.29 bits per heavy atom. The molecule has 14 heavy (non-hydrogen) atoms. The van der Waals surface area contributed by atoms with E-state index in [0.29, 0.717) is 11.6 Å². The van der Waals surface area contributed by atoms with Crippen molar-refractivity contribution in [1.82, 2.24) is 0 Å². The molecule has 2 rings (SSSR count). The van der Waals surface area contributed by atoms with Crippen LogP contribution < -0.4 is 5.73 Å². The minimum Gasteiger partial charge on any atom is -0.508 e. The van der Waals surface area contributed by atoms with Gasteiger partial charge in [-0.3, -0.25) is 0 Å². The topological polar surface area (TPSA) is 55.5 Å². The van der Waals surface area contributed by atoms with E-state index in [4.69, 9.17) is 10.5 Å². The number of nitrogen functional groups attached to an aromatic ring is 1. The molecule has 1 fully saturated rings. The number of benzene rings is 1. The minimum absolute atomic E-state index is 0.235. The Hall–Kier alpha value is -1.22. The maximum absolute atomic E-state index is 9.23. The molecule has 0 aliphatic carbocycles. The molecule has 0 spiro atoms. The van der Waals surface area contributed by atoms with Crippen LogP contribution in [0.1, 0.15) is 24.3 Å². The summed E-state index contributed by atoms with van der Waals surface area (Å²) in [7, 11) is 0. The second kappa shape index (κ2) is 3.88. The molecule has 1 aliphatic rings. The maximum atomic E-state index is 9.23. The number of anilines is 1. The average Bonchev–Trinajstić information content (AvgIpc) is 2.19. The van der Waals surface area contributed by atoms with Crippen LogP contribution >= 0.6 is 0 Å². The largest absolute Gasteiger partial charge is 0.508 e. The predicted octanol–water partition coefficient (Wildman–Crippen LogP) is 1.87. The standard InChI is InChI=1S/C11H15NO2/c12-11-7-9(13)1-2-10(11)8-3-5-14-6-4-8/h1-2,7-8,13H,3-6,12H2. The van der Waals surface area contributed by atoms with E-state index >= 15 is 0 Å². The first-order chi connectivity index (χ1) is 6.77. The van der Waals surface area contributed by atoms with Gasteiger partial charge in [0.1, 0.15) is 5.75 Å². The molecule has 3 nitrogen and oxygen atoms in total. The molecule has 0 bridgehead atoms. The second-order valence-electron chi connectivity index (χ2n) is 3.70. The number of nitrogens with two attached hydrogens (primary N) is 1. The smallest absolute Gasteiger partial charge is 0.117 e. The molecular formula is C11H15NO2. The van der Waals surface area contributed by atoms with Gasteiger partial charge in [-0.1, -0.05) is 6.07 Å². The van der Waals surface area contributed by atoms with E-state index in [1.165, 1.54) is 0 Å². The van der Waals surface area contributed by atoms with Gasteiger partial charge in [-0.2, -0.15) is 0 Å². The van der Waals surface area contributed by atoms with Crippen LogP contribution in [0.15, 0.2) is 18.2 Å². The number of phenols is 1. The highest BCUT2D eigenvalue weighted by molar-refractivity contribution is 5.52. The monoisotopic (exact) mass is 193 g/mol. The third-order valence-corrected chi connectivity index (χ3v) is 2.73. The highest BCUT2D eigenvalue weighted by Gasteiger charge is 2.17. The van der Waals surface area contributed by atoms with Crippen LogP contribution in [-0.2, 0) is 4.74 Å². The van der Waals surface area contributed by atoms with Crippen LogP contribution in [0.2, 0.25) is 0 Å². The number of phenolic OH excluding ortho intramolecular Hbond substituents is 1. The molecule has 1 heterocycles. The molecule has 0 amide bonds. The molecule has 0 saturated carbocycles. The first-order valence-electron chi connectivity index (χ1n) is 4.93. The van der Waals surface area contributed by atoms with Gasteiger partial charge >= 0.3 is 0 Å². The number of aromatic hydroxyl groups is 1. The molecule has 1 aromatic carbocycles. The molecule has 3 N–H and O–H groups in total. The van der Waals surface area contributed by atoms with Crippen molar-refractivity contribution in [3.63, 3.8) is 0 Å². The van der Waals surface area contributed by atoms with Crippen LogP contribution in [0, 0.1) is 0 Å². The van der Waals surface area contributed by atoms with Crippen LogP contribution in [0.4, 0.5) is 5.69 Å². The van der Waals surface area contributed by atoms with Gasteiger partial charge < -0.3 is 15.6 Å². The zero-order valence-corrected chi connectivity index (χ0v) is 8.07. The number of rotatable bonds is 1. The van der Waals surface area contributed by atoms with Gasteiger partial charge in [-0.15, -0.1) is 0 Å². The zero-order valence-electron chi connectivity index (χ0n) is 8.07. The lowest BCUT2D eigenvalue weighted by Crippen LogP contribution is -2.15. The Morgan fingerprint density at radius 3 is 2.64 bits per heavy atom. The van der Waals surface area contributed by atoms with E-state index in [9.17, 15) is 5.11 Å². The Bertz CT molecular complexity index is 319. The molecule has 76 valence electrons. The summed E-state index contributed by atoms with van der Waals surface area (Å²) in [6, 6.07) is 5.23. The lowest BCUT2D eigenvalue weighted by molar-refractivity contribution is 0.0854. The first-order valence-corrected chi connectivity index (χ1v) is 4.93. The molecule has 0 aromatic heterocycles. The fourth-order valence-electron chi connectivity index (χ4n) is 1.94. The lowest BCUT2D eigenvalue weighted by Gasteiger charge is -2.23. The first kappa shape index (κ1) is 9.34. The van der Waals surface area contributed by atoms with Crippen molar-refractivity contribution in [2.24, 2.45) is 0 Å². The number of ether oxygens (including phenoxy) is 1. The van der Waals surface area contributed by atoms with E-state index in [-0.39, 0.29) is 5.75 Å². The minimum atomic E-state index is 0.235. The molecule has 1 aromatic rings. The summed E-state index contributed by atoms with van der Waals surface area (Å²) in [4.78, 5) is 0. The van der Waals surface area contributed by atoms with Gasteiger partial charge in [-0.05, 0) is 30.4 Å². The highest BCUT2D eigenvalue weighted by Crippen LogP contribution is 2.32. The van der Waals surface area contributed by atoms with Gasteiger partial charge in [0.05, 0.1) is 0 Å². The molecule has 0 radical (unpaired) electrons. The summed E-state index contributed by atoms with van der Waals surface area (Å²) >= 11 is 0. The second-order valence-corrected chi connectivity index (χ2v) is 3.70. The summed E-state index contributed by atoms with van der Waals surface area (Å²) in [5, 5.41) is 9.23. The Labute approximate surface area is 83.5 Å². The van der Waals surface area contributed by atoms with Crippen molar-refractivity contribution >= 4 is 5.69 Å². The number of hydrogen-bond donors (Lipinski definition) is 2. The van der Waals surface area contributed by atoms with Gasteiger partial charge in [-0.25, -0.2) is 0 Å². The Balaban J connectivity index is 2.22. The summed E-state index contributed by atoms with van der Waals surface area (Å²) in [5.41, 5.74) is 7.69. The zero-order chi connectivity index (χ0) is 9.97. The van der Waals surface area contributed by atoms with Crippen molar-refractivity contribution in [1.29, 1.82) is 0 Å².